The van der Waals surface area contributed by atoms with Crippen LogP contribution in [0, 0.1) is 11.6 Å². The average molecular weight is 301 g/mol. The van der Waals surface area contributed by atoms with Gasteiger partial charge in [-0.25, -0.2) is 8.78 Å². The van der Waals surface area contributed by atoms with Crippen LogP contribution in [0.2, 0.25) is 0 Å². The summed E-state index contributed by atoms with van der Waals surface area (Å²) in [6.07, 6.45) is 1.37. The Balaban J connectivity index is 2.16. The van der Waals surface area contributed by atoms with Gasteiger partial charge in [-0.15, -0.1) is 0 Å². The minimum atomic E-state index is -1.02. The molecule has 112 valence electrons. The minimum absolute atomic E-state index is 0.245. The number of carboxylic acid groups (broad SMARTS) is 1. The number of carboxylic acids is 1. The van der Waals surface area contributed by atoms with Crippen LogP contribution >= 0.6 is 0 Å². The predicted molar refractivity (Wildman–Crippen MR) is 78.8 cm³/mol. The van der Waals surface area contributed by atoms with Crippen molar-refractivity contribution in [2.75, 3.05) is 0 Å². The van der Waals surface area contributed by atoms with Gasteiger partial charge >= 0.3 is 5.97 Å². The van der Waals surface area contributed by atoms with Gasteiger partial charge in [0.05, 0.1) is 6.42 Å². The fraction of sp³-hybridized carbons (Fsp3) is 0.118. The lowest BCUT2D eigenvalue weighted by Crippen LogP contribution is -2.09. The summed E-state index contributed by atoms with van der Waals surface area (Å²) in [6.45, 7) is 0. The molecule has 1 aromatic heterocycles. The molecule has 1 heterocycles. The predicted octanol–water partition coefficient (Wildman–Crippen LogP) is 4.05. The minimum Gasteiger partial charge on any atom is -0.481 e. The smallest absolute Gasteiger partial charge is 0.304 e. The Morgan fingerprint density at radius 2 is 1.91 bits per heavy atom. The van der Waals surface area contributed by atoms with Crippen LogP contribution in [0.15, 0.2) is 48.7 Å². The first kappa shape index (κ1) is 14.3. The van der Waals surface area contributed by atoms with Gasteiger partial charge < -0.3 is 10.1 Å². The number of hydrogen-bond donors (Lipinski definition) is 2. The van der Waals surface area contributed by atoms with E-state index in [0.717, 1.165) is 0 Å². The molecule has 0 fully saturated rings. The van der Waals surface area contributed by atoms with Gasteiger partial charge in [0.1, 0.15) is 11.6 Å². The van der Waals surface area contributed by atoms with E-state index in [1.807, 2.05) is 0 Å². The van der Waals surface area contributed by atoms with Crippen LogP contribution in [0.25, 0.3) is 10.9 Å². The number of nitrogens with one attached hydrogen (secondary N) is 1. The van der Waals surface area contributed by atoms with E-state index in [9.17, 15) is 13.6 Å². The van der Waals surface area contributed by atoms with E-state index in [2.05, 4.69) is 4.98 Å². The van der Waals surface area contributed by atoms with Gasteiger partial charge in [-0.1, -0.05) is 18.2 Å². The van der Waals surface area contributed by atoms with E-state index in [4.69, 9.17) is 5.11 Å². The Morgan fingerprint density at radius 1 is 1.14 bits per heavy atom. The lowest BCUT2D eigenvalue weighted by atomic mass is 9.88. The van der Waals surface area contributed by atoms with Gasteiger partial charge in [0, 0.05) is 23.0 Å². The van der Waals surface area contributed by atoms with Crippen LogP contribution in [0.3, 0.4) is 0 Å². The lowest BCUT2D eigenvalue weighted by Gasteiger charge is -2.15. The number of carbonyl (C=O) groups is 1. The Bertz CT molecular complexity index is 842. The molecule has 5 heteroatoms. The highest BCUT2D eigenvalue weighted by atomic mass is 19.1. The van der Waals surface area contributed by atoms with Crippen molar-refractivity contribution in [2.45, 2.75) is 12.3 Å². The summed E-state index contributed by atoms with van der Waals surface area (Å²) in [7, 11) is 0. The molecular weight excluding hydrogens is 288 g/mol. The van der Waals surface area contributed by atoms with E-state index < -0.39 is 17.7 Å². The quantitative estimate of drug-likeness (QED) is 0.763. The van der Waals surface area contributed by atoms with Crippen LogP contribution in [0.5, 0.6) is 0 Å². The zero-order valence-electron chi connectivity index (χ0n) is 11.5. The topological polar surface area (TPSA) is 53.1 Å². The van der Waals surface area contributed by atoms with E-state index in [0.29, 0.717) is 22.0 Å². The summed E-state index contributed by atoms with van der Waals surface area (Å²) in [4.78, 5) is 14.1. The van der Waals surface area contributed by atoms with E-state index in [1.54, 1.807) is 30.5 Å². The Labute approximate surface area is 125 Å². The van der Waals surface area contributed by atoms with Gasteiger partial charge in [-0.3, -0.25) is 4.79 Å². The van der Waals surface area contributed by atoms with Crippen molar-refractivity contribution in [3.8, 4) is 0 Å². The molecule has 0 spiro atoms. The first-order chi connectivity index (χ1) is 10.6. The van der Waals surface area contributed by atoms with E-state index in [-0.39, 0.29) is 12.2 Å². The molecule has 2 aromatic carbocycles. The van der Waals surface area contributed by atoms with Crippen molar-refractivity contribution in [1.82, 2.24) is 4.98 Å². The summed E-state index contributed by atoms with van der Waals surface area (Å²) in [5.74, 6) is -2.51. The summed E-state index contributed by atoms with van der Waals surface area (Å²) in [5, 5.41) is 9.85. The maximum atomic E-state index is 14.1. The molecule has 0 aliphatic carbocycles. The number of fused-ring (bicyclic) bond motifs is 1. The Hall–Kier alpha value is -2.69. The monoisotopic (exact) mass is 301 g/mol. The number of hydrogen-bond acceptors (Lipinski definition) is 1. The molecule has 3 nitrogen and oxygen atoms in total. The van der Waals surface area contributed by atoms with Gasteiger partial charge in [0.25, 0.3) is 0 Å². The summed E-state index contributed by atoms with van der Waals surface area (Å²) in [5.41, 5.74) is 1.51. The number of rotatable bonds is 4. The molecule has 3 rings (SSSR count). The number of halogens is 2. The molecule has 0 aliphatic rings. The third-order valence-corrected chi connectivity index (χ3v) is 3.71. The maximum Gasteiger partial charge on any atom is 0.304 e. The summed E-state index contributed by atoms with van der Waals surface area (Å²) < 4.78 is 27.4. The van der Waals surface area contributed by atoms with Gasteiger partial charge in [0.2, 0.25) is 0 Å². The summed E-state index contributed by atoms with van der Waals surface area (Å²) in [6, 6.07) is 10.3. The van der Waals surface area contributed by atoms with Crippen molar-refractivity contribution >= 4 is 16.9 Å². The van der Waals surface area contributed by atoms with Crippen molar-refractivity contribution < 1.29 is 18.7 Å². The molecule has 1 atom stereocenters. The van der Waals surface area contributed by atoms with Crippen LogP contribution in [-0.2, 0) is 4.79 Å². The fourth-order valence-electron chi connectivity index (χ4n) is 2.73. The number of aromatic amines is 1. The van der Waals surface area contributed by atoms with Gasteiger partial charge in [-0.2, -0.15) is 0 Å². The first-order valence-electron chi connectivity index (χ1n) is 6.79. The highest BCUT2D eigenvalue weighted by Gasteiger charge is 2.23. The second-order valence-electron chi connectivity index (χ2n) is 5.11. The van der Waals surface area contributed by atoms with Crippen LogP contribution < -0.4 is 0 Å². The molecule has 0 bridgehead atoms. The first-order valence-corrected chi connectivity index (χ1v) is 6.79. The van der Waals surface area contributed by atoms with Crippen molar-refractivity contribution in [3.05, 3.63) is 71.4 Å². The largest absolute Gasteiger partial charge is 0.481 e. The van der Waals surface area contributed by atoms with Crippen molar-refractivity contribution in [2.24, 2.45) is 0 Å². The maximum absolute atomic E-state index is 14.1. The zero-order valence-corrected chi connectivity index (χ0v) is 11.5. The van der Waals surface area contributed by atoms with Crippen LogP contribution in [0.4, 0.5) is 8.78 Å². The molecule has 0 amide bonds. The van der Waals surface area contributed by atoms with Crippen molar-refractivity contribution in [3.63, 3.8) is 0 Å². The molecular formula is C17H13F2NO2. The molecule has 0 saturated heterocycles. The second kappa shape index (κ2) is 5.60. The molecule has 22 heavy (non-hydrogen) atoms. The molecule has 0 saturated carbocycles. The van der Waals surface area contributed by atoms with Gasteiger partial charge in [0.15, 0.2) is 0 Å². The standard InChI is InChI=1S/C17H13F2NO2/c18-10-5-6-12-14(9-20-16(12)7-10)13(8-17(21)22)11-3-1-2-4-15(11)19/h1-7,9,13,20H,8H2,(H,21,22)/t13-/m1/s1. The van der Waals surface area contributed by atoms with Crippen LogP contribution in [-0.4, -0.2) is 16.1 Å². The lowest BCUT2D eigenvalue weighted by molar-refractivity contribution is -0.137. The van der Waals surface area contributed by atoms with Crippen LogP contribution in [0.1, 0.15) is 23.5 Å². The molecule has 3 aromatic rings. The third-order valence-electron chi connectivity index (χ3n) is 3.71. The Kier molecular flexibility index (Phi) is 3.63. The fourth-order valence-corrected chi connectivity index (χ4v) is 2.73. The number of benzene rings is 2. The SMILES string of the molecule is O=C(O)C[C@H](c1ccccc1F)c1c[nH]c2cc(F)ccc12. The normalized spacial score (nSPS) is 12.5. The molecule has 0 unspecified atom stereocenters. The number of aromatic nitrogens is 1. The highest BCUT2D eigenvalue weighted by Crippen LogP contribution is 2.34. The second-order valence-corrected chi connectivity index (χ2v) is 5.11. The molecule has 0 aliphatic heterocycles. The number of H-pyrrole nitrogens is 1. The third kappa shape index (κ3) is 2.57. The summed E-state index contributed by atoms with van der Waals surface area (Å²) >= 11 is 0. The highest BCUT2D eigenvalue weighted by molar-refractivity contribution is 5.85. The Morgan fingerprint density at radius 3 is 2.64 bits per heavy atom. The molecule has 0 radical (unpaired) electrons. The average Bonchev–Trinajstić information content (AvgIpc) is 2.88. The van der Waals surface area contributed by atoms with E-state index >= 15 is 0 Å². The zero-order chi connectivity index (χ0) is 15.7. The van der Waals surface area contributed by atoms with Gasteiger partial charge in [-0.05, 0) is 35.4 Å². The number of aliphatic carboxylic acids is 1. The molecule has 2 N–H and O–H groups in total. The van der Waals surface area contributed by atoms with Crippen molar-refractivity contribution in [1.29, 1.82) is 0 Å². The van der Waals surface area contributed by atoms with E-state index in [1.165, 1.54) is 18.2 Å².